The van der Waals surface area contributed by atoms with Gasteiger partial charge in [-0.15, -0.1) is 0 Å². The lowest BCUT2D eigenvalue weighted by Gasteiger charge is -2.11. The van der Waals surface area contributed by atoms with Crippen molar-refractivity contribution in [2.24, 2.45) is 0 Å². The first-order chi connectivity index (χ1) is 5.79. The zero-order valence-corrected chi connectivity index (χ0v) is 7.08. The Morgan fingerprint density at radius 3 is 3.33 bits per heavy atom. The Balaban J connectivity index is 2.41. The van der Waals surface area contributed by atoms with Crippen molar-refractivity contribution in [3.8, 4) is 0 Å². The molecule has 1 atom stereocenters. The average molecular weight is 164 g/mol. The molecule has 2 rings (SSSR count). The molecule has 1 aromatic heterocycles. The largest absolute Gasteiger partial charge is 0.354 e. The van der Waals surface area contributed by atoms with Gasteiger partial charge in [0.15, 0.2) is 0 Å². The highest BCUT2D eigenvalue weighted by molar-refractivity contribution is 5.80. The van der Waals surface area contributed by atoms with E-state index in [1.807, 2.05) is 23.8 Å². The lowest BCUT2D eigenvalue weighted by atomic mass is 10.3. The molecule has 0 fully saturated rings. The van der Waals surface area contributed by atoms with Crippen LogP contribution in [0.4, 0.5) is 0 Å². The number of nitrogens with zero attached hydrogens (tertiary/aromatic N) is 1. The summed E-state index contributed by atoms with van der Waals surface area (Å²) >= 11 is 0. The van der Waals surface area contributed by atoms with E-state index in [4.69, 9.17) is 0 Å². The van der Waals surface area contributed by atoms with Gasteiger partial charge in [0.25, 0.3) is 0 Å². The van der Waals surface area contributed by atoms with Crippen molar-refractivity contribution in [1.29, 1.82) is 0 Å². The van der Waals surface area contributed by atoms with Crippen molar-refractivity contribution in [2.45, 2.75) is 19.4 Å². The van der Waals surface area contributed by atoms with Crippen LogP contribution in [0.1, 0.15) is 18.7 Å². The third-order valence-electron chi connectivity index (χ3n) is 2.34. The van der Waals surface area contributed by atoms with Crippen molar-refractivity contribution >= 4 is 5.91 Å². The summed E-state index contributed by atoms with van der Waals surface area (Å²) in [6, 6.07) is 4.00. The minimum absolute atomic E-state index is 0.0579. The first-order valence-electron chi connectivity index (χ1n) is 4.22. The molecule has 64 valence electrons. The molecule has 0 radical (unpaired) electrons. The highest BCUT2D eigenvalue weighted by Crippen LogP contribution is 2.14. The molecular weight excluding hydrogens is 152 g/mol. The van der Waals surface area contributed by atoms with E-state index in [0.29, 0.717) is 0 Å². The van der Waals surface area contributed by atoms with Crippen LogP contribution in [0, 0.1) is 0 Å². The minimum atomic E-state index is -0.0579. The molecule has 0 aromatic carbocycles. The van der Waals surface area contributed by atoms with Crippen molar-refractivity contribution < 1.29 is 4.79 Å². The smallest absolute Gasteiger partial charge is 0.242 e. The van der Waals surface area contributed by atoms with Gasteiger partial charge in [0.05, 0.1) is 0 Å². The van der Waals surface area contributed by atoms with E-state index in [1.54, 1.807) is 0 Å². The molecule has 0 unspecified atom stereocenters. The predicted molar refractivity (Wildman–Crippen MR) is 45.9 cm³/mol. The highest BCUT2D eigenvalue weighted by atomic mass is 16.2. The van der Waals surface area contributed by atoms with Gasteiger partial charge in [-0.3, -0.25) is 4.79 Å². The Bertz CT molecular complexity index is 303. The van der Waals surface area contributed by atoms with Crippen LogP contribution in [0.2, 0.25) is 0 Å². The number of nitrogens with one attached hydrogen (secondary N) is 1. The highest BCUT2D eigenvalue weighted by Gasteiger charge is 2.19. The van der Waals surface area contributed by atoms with E-state index in [1.165, 1.54) is 5.69 Å². The third kappa shape index (κ3) is 1.02. The number of hydrogen-bond acceptors (Lipinski definition) is 1. The molecule has 0 bridgehead atoms. The summed E-state index contributed by atoms with van der Waals surface area (Å²) in [5.74, 6) is 0.116. The van der Waals surface area contributed by atoms with Crippen LogP contribution in [-0.2, 0) is 11.2 Å². The van der Waals surface area contributed by atoms with Gasteiger partial charge in [0.2, 0.25) is 5.91 Å². The maximum Gasteiger partial charge on any atom is 0.242 e. The standard InChI is InChI=1S/C9H12N2O/c1-7-9(12)10-5-4-8-3-2-6-11(7)8/h2-3,6-7H,4-5H2,1H3,(H,10,12)/t7-/m0/s1. The second-order valence-electron chi connectivity index (χ2n) is 3.12. The van der Waals surface area contributed by atoms with Gasteiger partial charge in [-0.05, 0) is 19.1 Å². The molecule has 2 heterocycles. The normalized spacial score (nSPS) is 22.8. The van der Waals surface area contributed by atoms with Gasteiger partial charge < -0.3 is 9.88 Å². The van der Waals surface area contributed by atoms with E-state index < -0.39 is 0 Å². The van der Waals surface area contributed by atoms with Crippen molar-refractivity contribution in [1.82, 2.24) is 9.88 Å². The van der Waals surface area contributed by atoms with Crippen molar-refractivity contribution in [3.63, 3.8) is 0 Å². The van der Waals surface area contributed by atoms with E-state index in [-0.39, 0.29) is 11.9 Å². The van der Waals surface area contributed by atoms with Crippen LogP contribution in [0.15, 0.2) is 18.3 Å². The van der Waals surface area contributed by atoms with Crippen LogP contribution >= 0.6 is 0 Å². The molecule has 1 amide bonds. The number of rotatable bonds is 0. The monoisotopic (exact) mass is 164 g/mol. The molecule has 12 heavy (non-hydrogen) atoms. The summed E-state index contributed by atoms with van der Waals surface area (Å²) in [5.41, 5.74) is 1.24. The fraction of sp³-hybridized carbons (Fsp3) is 0.444. The number of carbonyl (C=O) groups excluding carboxylic acids is 1. The van der Waals surface area contributed by atoms with Crippen molar-refractivity contribution in [2.75, 3.05) is 6.54 Å². The molecule has 3 nitrogen and oxygen atoms in total. The van der Waals surface area contributed by atoms with Crippen LogP contribution in [0.5, 0.6) is 0 Å². The van der Waals surface area contributed by atoms with E-state index in [0.717, 1.165) is 13.0 Å². The van der Waals surface area contributed by atoms with Crippen LogP contribution in [-0.4, -0.2) is 17.0 Å². The summed E-state index contributed by atoms with van der Waals surface area (Å²) in [5, 5.41) is 2.87. The maximum atomic E-state index is 11.3. The van der Waals surface area contributed by atoms with E-state index in [2.05, 4.69) is 11.4 Å². The Morgan fingerprint density at radius 1 is 1.67 bits per heavy atom. The lowest BCUT2D eigenvalue weighted by molar-refractivity contribution is -0.123. The second kappa shape index (κ2) is 2.66. The van der Waals surface area contributed by atoms with Crippen LogP contribution < -0.4 is 5.32 Å². The van der Waals surface area contributed by atoms with E-state index in [9.17, 15) is 4.79 Å². The van der Waals surface area contributed by atoms with Crippen LogP contribution in [0.3, 0.4) is 0 Å². The first-order valence-corrected chi connectivity index (χ1v) is 4.22. The van der Waals surface area contributed by atoms with Crippen molar-refractivity contribution in [3.05, 3.63) is 24.0 Å². The topological polar surface area (TPSA) is 34.0 Å². The number of carbonyl (C=O) groups is 1. The molecule has 1 N–H and O–H groups in total. The summed E-state index contributed by atoms with van der Waals surface area (Å²) in [6.45, 7) is 2.68. The third-order valence-corrected chi connectivity index (χ3v) is 2.34. The fourth-order valence-electron chi connectivity index (χ4n) is 1.61. The quantitative estimate of drug-likeness (QED) is 0.602. The van der Waals surface area contributed by atoms with Gasteiger partial charge in [-0.1, -0.05) is 0 Å². The second-order valence-corrected chi connectivity index (χ2v) is 3.12. The molecular formula is C9H12N2O. The molecule has 0 aliphatic carbocycles. The number of amides is 1. The predicted octanol–water partition coefficient (Wildman–Crippen LogP) is 0.721. The van der Waals surface area contributed by atoms with Gasteiger partial charge >= 0.3 is 0 Å². The lowest BCUT2D eigenvalue weighted by Crippen LogP contribution is -2.28. The van der Waals surface area contributed by atoms with Gasteiger partial charge in [-0.2, -0.15) is 0 Å². The Hall–Kier alpha value is -1.25. The molecule has 1 aliphatic heterocycles. The molecule has 3 heteroatoms. The zero-order valence-electron chi connectivity index (χ0n) is 7.08. The first kappa shape index (κ1) is 7.40. The number of hydrogen-bond donors (Lipinski definition) is 1. The molecule has 0 saturated carbocycles. The Kier molecular flexibility index (Phi) is 1.64. The minimum Gasteiger partial charge on any atom is -0.354 e. The average Bonchev–Trinajstić information content (AvgIpc) is 2.46. The number of aromatic nitrogens is 1. The molecule has 0 saturated heterocycles. The summed E-state index contributed by atoms with van der Waals surface area (Å²) in [6.07, 6.45) is 2.90. The molecule has 1 aromatic rings. The summed E-state index contributed by atoms with van der Waals surface area (Å²) < 4.78 is 2.03. The maximum absolute atomic E-state index is 11.3. The SMILES string of the molecule is C[C@H]1C(=O)NCCc2cccn21. The fourth-order valence-corrected chi connectivity index (χ4v) is 1.61. The number of fused-ring (bicyclic) bond motifs is 1. The Morgan fingerprint density at radius 2 is 2.50 bits per heavy atom. The molecule has 1 aliphatic rings. The Labute approximate surface area is 71.4 Å². The van der Waals surface area contributed by atoms with Gasteiger partial charge in [0.1, 0.15) is 6.04 Å². The van der Waals surface area contributed by atoms with Gasteiger partial charge in [-0.25, -0.2) is 0 Å². The summed E-state index contributed by atoms with van der Waals surface area (Å²) in [4.78, 5) is 11.3. The van der Waals surface area contributed by atoms with Crippen LogP contribution in [0.25, 0.3) is 0 Å². The van der Waals surface area contributed by atoms with Gasteiger partial charge in [0, 0.05) is 24.9 Å². The molecule has 0 spiro atoms. The van der Waals surface area contributed by atoms with E-state index >= 15 is 0 Å². The zero-order chi connectivity index (χ0) is 8.55. The summed E-state index contributed by atoms with van der Waals surface area (Å²) in [7, 11) is 0.